The fourth-order valence-electron chi connectivity index (χ4n) is 2.93. The van der Waals surface area contributed by atoms with Crippen LogP contribution in [0.5, 0.6) is 0 Å². The molecule has 0 aromatic heterocycles. The van der Waals surface area contributed by atoms with Gasteiger partial charge >= 0.3 is 0 Å². The van der Waals surface area contributed by atoms with E-state index >= 15 is 0 Å². The summed E-state index contributed by atoms with van der Waals surface area (Å²) in [5.41, 5.74) is 0. The predicted octanol–water partition coefficient (Wildman–Crippen LogP) is 1.86. The van der Waals surface area contributed by atoms with Crippen molar-refractivity contribution in [1.82, 2.24) is 15.5 Å². The third-order valence-electron chi connectivity index (χ3n) is 4.05. The van der Waals surface area contributed by atoms with Crippen LogP contribution in [0.3, 0.4) is 0 Å². The van der Waals surface area contributed by atoms with E-state index in [4.69, 9.17) is 0 Å². The first kappa shape index (κ1) is 17.4. The lowest BCUT2D eigenvalue weighted by Gasteiger charge is -2.32. The zero-order chi connectivity index (χ0) is 15.0. The predicted molar refractivity (Wildman–Crippen MR) is 84.8 cm³/mol. The third-order valence-corrected chi connectivity index (χ3v) is 4.05. The minimum Gasteiger partial charge on any atom is -0.353 e. The van der Waals surface area contributed by atoms with Crippen LogP contribution in [0.25, 0.3) is 0 Å². The van der Waals surface area contributed by atoms with Crippen molar-refractivity contribution in [3.05, 3.63) is 0 Å². The Morgan fingerprint density at radius 2 is 2.05 bits per heavy atom. The molecule has 0 spiro atoms. The molecule has 0 saturated carbocycles. The van der Waals surface area contributed by atoms with Gasteiger partial charge in [-0.15, -0.1) is 0 Å². The van der Waals surface area contributed by atoms with Crippen LogP contribution < -0.4 is 10.6 Å². The molecule has 1 rings (SSSR count). The standard InChI is InChI=1S/C16H33N3O/c1-13(2)7-8-14(3)18-16(20)12-19-9-5-6-15(11-19)10-17-4/h13-15,17H,5-12H2,1-4H3,(H,18,20). The Kier molecular flexibility index (Phi) is 8.15. The Bertz CT molecular complexity index is 279. The van der Waals surface area contributed by atoms with E-state index in [1.807, 2.05) is 7.05 Å². The topological polar surface area (TPSA) is 44.4 Å². The molecule has 2 atom stereocenters. The van der Waals surface area contributed by atoms with Crippen molar-refractivity contribution in [2.24, 2.45) is 11.8 Å². The van der Waals surface area contributed by atoms with Crippen LogP contribution in [0.1, 0.15) is 46.5 Å². The largest absolute Gasteiger partial charge is 0.353 e. The van der Waals surface area contributed by atoms with E-state index in [0.717, 1.165) is 26.1 Å². The van der Waals surface area contributed by atoms with Crippen molar-refractivity contribution in [2.75, 3.05) is 33.2 Å². The summed E-state index contributed by atoms with van der Waals surface area (Å²) in [6, 6.07) is 0.294. The molecule has 0 aliphatic carbocycles. The molecule has 20 heavy (non-hydrogen) atoms. The third kappa shape index (κ3) is 7.25. The zero-order valence-corrected chi connectivity index (χ0v) is 13.7. The summed E-state index contributed by atoms with van der Waals surface area (Å²) in [4.78, 5) is 14.4. The first-order chi connectivity index (χ1) is 9.51. The average molecular weight is 283 g/mol. The van der Waals surface area contributed by atoms with E-state index in [9.17, 15) is 4.79 Å². The van der Waals surface area contributed by atoms with Crippen LogP contribution in [-0.2, 0) is 4.79 Å². The lowest BCUT2D eigenvalue weighted by molar-refractivity contribution is -0.123. The SMILES string of the molecule is CNCC1CCCN(CC(=O)NC(C)CCC(C)C)C1. The highest BCUT2D eigenvalue weighted by molar-refractivity contribution is 5.78. The second-order valence-electron chi connectivity index (χ2n) is 6.74. The number of carbonyl (C=O) groups excluding carboxylic acids is 1. The summed E-state index contributed by atoms with van der Waals surface area (Å²) < 4.78 is 0. The molecule has 4 nitrogen and oxygen atoms in total. The Morgan fingerprint density at radius 1 is 1.30 bits per heavy atom. The van der Waals surface area contributed by atoms with Crippen molar-refractivity contribution in [1.29, 1.82) is 0 Å². The number of amides is 1. The monoisotopic (exact) mass is 283 g/mol. The number of likely N-dealkylation sites (tertiary alicyclic amines) is 1. The molecule has 118 valence electrons. The van der Waals surface area contributed by atoms with E-state index < -0.39 is 0 Å². The van der Waals surface area contributed by atoms with Crippen molar-refractivity contribution in [3.63, 3.8) is 0 Å². The second kappa shape index (κ2) is 9.35. The van der Waals surface area contributed by atoms with Gasteiger partial charge < -0.3 is 10.6 Å². The summed E-state index contributed by atoms with van der Waals surface area (Å²) in [6.07, 6.45) is 4.74. The van der Waals surface area contributed by atoms with E-state index in [0.29, 0.717) is 24.4 Å². The smallest absolute Gasteiger partial charge is 0.234 e. The molecule has 1 heterocycles. The molecule has 4 heteroatoms. The Hall–Kier alpha value is -0.610. The molecule has 0 aromatic carbocycles. The molecular weight excluding hydrogens is 250 g/mol. The number of hydrogen-bond acceptors (Lipinski definition) is 3. The van der Waals surface area contributed by atoms with Crippen LogP contribution in [0.4, 0.5) is 0 Å². The molecule has 0 aromatic rings. The van der Waals surface area contributed by atoms with Crippen molar-refractivity contribution in [3.8, 4) is 0 Å². The molecule has 0 radical (unpaired) electrons. The van der Waals surface area contributed by atoms with Gasteiger partial charge in [0.1, 0.15) is 0 Å². The Morgan fingerprint density at radius 3 is 2.70 bits per heavy atom. The minimum atomic E-state index is 0.186. The van der Waals surface area contributed by atoms with Crippen molar-refractivity contribution in [2.45, 2.75) is 52.5 Å². The molecule has 1 fully saturated rings. The van der Waals surface area contributed by atoms with Gasteiger partial charge in [0.25, 0.3) is 0 Å². The summed E-state index contributed by atoms with van der Waals surface area (Å²) in [5.74, 6) is 1.59. The maximum Gasteiger partial charge on any atom is 0.234 e. The van der Waals surface area contributed by atoms with Gasteiger partial charge in [-0.25, -0.2) is 0 Å². The molecule has 1 amide bonds. The average Bonchev–Trinajstić information content (AvgIpc) is 2.37. The van der Waals surface area contributed by atoms with Gasteiger partial charge in [0.2, 0.25) is 5.91 Å². The van der Waals surface area contributed by atoms with Crippen LogP contribution in [0.2, 0.25) is 0 Å². The number of carbonyl (C=O) groups is 1. The number of hydrogen-bond donors (Lipinski definition) is 2. The van der Waals surface area contributed by atoms with Crippen molar-refractivity contribution >= 4 is 5.91 Å². The van der Waals surface area contributed by atoms with Crippen LogP contribution in [0.15, 0.2) is 0 Å². The summed E-state index contributed by atoms with van der Waals surface area (Å²) in [7, 11) is 2.00. The molecule has 1 saturated heterocycles. The number of nitrogens with one attached hydrogen (secondary N) is 2. The van der Waals surface area contributed by atoms with E-state index in [2.05, 4.69) is 36.3 Å². The molecule has 1 aliphatic heterocycles. The lowest BCUT2D eigenvalue weighted by atomic mass is 9.98. The van der Waals surface area contributed by atoms with Gasteiger partial charge in [-0.05, 0) is 64.6 Å². The zero-order valence-electron chi connectivity index (χ0n) is 13.7. The van der Waals surface area contributed by atoms with E-state index in [-0.39, 0.29) is 5.91 Å². The van der Waals surface area contributed by atoms with Gasteiger partial charge in [0.15, 0.2) is 0 Å². The van der Waals surface area contributed by atoms with Crippen molar-refractivity contribution < 1.29 is 4.79 Å². The van der Waals surface area contributed by atoms with E-state index in [1.54, 1.807) is 0 Å². The van der Waals surface area contributed by atoms with E-state index in [1.165, 1.54) is 19.3 Å². The second-order valence-corrected chi connectivity index (χ2v) is 6.74. The highest BCUT2D eigenvalue weighted by Crippen LogP contribution is 2.15. The molecule has 2 N–H and O–H groups in total. The maximum atomic E-state index is 12.1. The maximum absolute atomic E-state index is 12.1. The fraction of sp³-hybridized carbons (Fsp3) is 0.938. The molecule has 0 bridgehead atoms. The fourth-order valence-corrected chi connectivity index (χ4v) is 2.93. The highest BCUT2D eigenvalue weighted by atomic mass is 16.2. The number of rotatable bonds is 8. The van der Waals surface area contributed by atoms with Crippen LogP contribution in [0, 0.1) is 11.8 Å². The number of nitrogens with zero attached hydrogens (tertiary/aromatic N) is 1. The van der Waals surface area contributed by atoms with Crippen LogP contribution in [-0.4, -0.2) is 50.1 Å². The molecular formula is C16H33N3O. The highest BCUT2D eigenvalue weighted by Gasteiger charge is 2.21. The van der Waals surface area contributed by atoms with Gasteiger partial charge in [-0.3, -0.25) is 9.69 Å². The molecule has 1 aliphatic rings. The van der Waals surface area contributed by atoms with Gasteiger partial charge in [-0.1, -0.05) is 13.8 Å². The first-order valence-corrected chi connectivity index (χ1v) is 8.17. The first-order valence-electron chi connectivity index (χ1n) is 8.17. The van der Waals surface area contributed by atoms with Gasteiger partial charge in [0, 0.05) is 12.6 Å². The quantitative estimate of drug-likeness (QED) is 0.714. The Labute approximate surface area is 124 Å². The molecule has 2 unspecified atom stereocenters. The van der Waals surface area contributed by atoms with Gasteiger partial charge in [-0.2, -0.15) is 0 Å². The minimum absolute atomic E-state index is 0.186. The summed E-state index contributed by atoms with van der Waals surface area (Å²) in [6.45, 7) is 10.3. The lowest BCUT2D eigenvalue weighted by Crippen LogP contribution is -2.46. The summed E-state index contributed by atoms with van der Waals surface area (Å²) in [5, 5.41) is 6.38. The van der Waals surface area contributed by atoms with Gasteiger partial charge in [0.05, 0.1) is 6.54 Å². The van der Waals surface area contributed by atoms with Crippen LogP contribution >= 0.6 is 0 Å². The Balaban J connectivity index is 2.23. The summed E-state index contributed by atoms with van der Waals surface area (Å²) >= 11 is 0. The normalized spacial score (nSPS) is 21.9. The number of piperidine rings is 1.